The van der Waals surface area contributed by atoms with Crippen molar-refractivity contribution in [3.8, 4) is 0 Å². The van der Waals surface area contributed by atoms with Crippen LogP contribution in [-0.4, -0.2) is 26.2 Å². The van der Waals surface area contributed by atoms with Crippen LogP contribution in [0.3, 0.4) is 0 Å². The fourth-order valence-corrected chi connectivity index (χ4v) is 1.38. The van der Waals surface area contributed by atoms with E-state index in [1.54, 1.807) is 18.8 Å². The van der Waals surface area contributed by atoms with E-state index in [1.807, 2.05) is 25.1 Å². The van der Waals surface area contributed by atoms with Crippen LogP contribution in [0.25, 0.3) is 0 Å². The van der Waals surface area contributed by atoms with E-state index in [-0.39, 0.29) is 0 Å². The molecular formula is C8H13BrN3O+. The van der Waals surface area contributed by atoms with Gasteiger partial charge in [0.25, 0.3) is 0 Å². The summed E-state index contributed by atoms with van der Waals surface area (Å²) in [6, 6.07) is 1.96. The molecule has 0 aliphatic rings. The number of hydrogen-bond acceptors (Lipinski definition) is 3. The highest BCUT2D eigenvalue weighted by Crippen LogP contribution is 2.20. The molecule has 2 N–H and O–H groups in total. The topological polar surface area (TPSA) is 42.0 Å². The van der Waals surface area contributed by atoms with Gasteiger partial charge in [-0.05, 0) is 15.9 Å². The Hall–Kier alpha value is -0.650. The minimum atomic E-state index is 0.894. The number of rotatable bonds is 3. The van der Waals surface area contributed by atoms with Crippen molar-refractivity contribution in [3.05, 3.63) is 16.7 Å². The Balaban J connectivity index is 3.03. The summed E-state index contributed by atoms with van der Waals surface area (Å²) in [5.41, 5.74) is 2.63. The normalized spacial score (nSPS) is 10.2. The van der Waals surface area contributed by atoms with E-state index in [2.05, 4.69) is 20.9 Å². The molecule has 0 unspecified atom stereocenters. The van der Waals surface area contributed by atoms with Crippen LogP contribution >= 0.6 is 15.9 Å². The van der Waals surface area contributed by atoms with Gasteiger partial charge in [-0.25, -0.2) is 9.82 Å². The number of quaternary nitrogens is 1. The Morgan fingerprint density at radius 2 is 2.23 bits per heavy atom. The lowest BCUT2D eigenvalue weighted by molar-refractivity contribution is -0.829. The van der Waals surface area contributed by atoms with Gasteiger partial charge in [-0.3, -0.25) is 0 Å². The van der Waals surface area contributed by atoms with Crippen molar-refractivity contribution in [1.29, 1.82) is 0 Å². The molecule has 1 aromatic heterocycles. The maximum Gasteiger partial charge on any atom is 0.206 e. The molecule has 1 aromatic rings. The molecule has 0 aromatic carbocycles. The standard InChI is InChI=1S/C8H12BrN3O/c1-12(2)8-7(11-13-3)4-6(9)5-10-8/h4-5,11H,1-3H3/p+1. The highest BCUT2D eigenvalue weighted by molar-refractivity contribution is 9.10. The van der Waals surface area contributed by atoms with Crippen LogP contribution in [0, 0.1) is 0 Å². The van der Waals surface area contributed by atoms with Crippen LogP contribution in [0.15, 0.2) is 16.7 Å². The van der Waals surface area contributed by atoms with Gasteiger partial charge >= 0.3 is 0 Å². The summed E-state index contributed by atoms with van der Waals surface area (Å²) < 4.78 is 0.946. The van der Waals surface area contributed by atoms with E-state index >= 15 is 0 Å². The third-order valence-corrected chi connectivity index (χ3v) is 1.96. The van der Waals surface area contributed by atoms with Gasteiger partial charge < -0.3 is 4.90 Å². The van der Waals surface area contributed by atoms with E-state index in [1.165, 1.54) is 0 Å². The smallest absolute Gasteiger partial charge is 0.206 e. The van der Waals surface area contributed by atoms with Crippen molar-refractivity contribution >= 4 is 27.4 Å². The predicted molar refractivity (Wildman–Crippen MR) is 54.9 cm³/mol. The summed E-state index contributed by atoms with van der Waals surface area (Å²) in [5.74, 6) is 0.894. The Kier molecular flexibility index (Phi) is 3.65. The first-order chi connectivity index (χ1) is 6.15. The molecule has 0 atom stereocenters. The van der Waals surface area contributed by atoms with Gasteiger partial charge in [0.2, 0.25) is 5.69 Å². The zero-order valence-electron chi connectivity index (χ0n) is 7.91. The first-order valence-electron chi connectivity index (χ1n) is 3.84. The minimum Gasteiger partial charge on any atom is -0.358 e. The van der Waals surface area contributed by atoms with Crippen LogP contribution in [0.4, 0.5) is 11.5 Å². The van der Waals surface area contributed by atoms with E-state index in [0.29, 0.717) is 0 Å². The molecule has 72 valence electrons. The molecule has 13 heavy (non-hydrogen) atoms. The number of halogens is 1. The maximum atomic E-state index is 4.96. The monoisotopic (exact) mass is 246 g/mol. The summed E-state index contributed by atoms with van der Waals surface area (Å²) in [6.07, 6.45) is 1.77. The largest absolute Gasteiger partial charge is 0.358 e. The lowest BCUT2D eigenvalue weighted by Crippen LogP contribution is -2.76. The third-order valence-electron chi connectivity index (χ3n) is 1.53. The van der Waals surface area contributed by atoms with Crippen molar-refractivity contribution in [2.24, 2.45) is 0 Å². The molecule has 0 saturated carbocycles. The first kappa shape index (κ1) is 10.4. The van der Waals surface area contributed by atoms with E-state index in [4.69, 9.17) is 4.84 Å². The molecule has 0 bridgehead atoms. The highest BCUT2D eigenvalue weighted by Gasteiger charge is 2.10. The molecule has 5 heteroatoms. The maximum absolute atomic E-state index is 4.96. The zero-order chi connectivity index (χ0) is 9.84. The number of pyridine rings is 1. The van der Waals surface area contributed by atoms with E-state index < -0.39 is 0 Å². The molecule has 0 fully saturated rings. The predicted octanol–water partition coefficient (Wildman–Crippen LogP) is 0.666. The summed E-state index contributed by atoms with van der Waals surface area (Å²) in [7, 11) is 5.52. The van der Waals surface area contributed by atoms with Crippen molar-refractivity contribution in [3.63, 3.8) is 0 Å². The number of nitrogens with two attached hydrogens (primary N) is 1. The second-order valence-corrected chi connectivity index (χ2v) is 3.73. The molecule has 0 amide bonds. The second-order valence-electron chi connectivity index (χ2n) is 2.81. The van der Waals surface area contributed by atoms with Crippen molar-refractivity contribution < 1.29 is 10.3 Å². The minimum absolute atomic E-state index is 0.894. The lowest BCUT2D eigenvalue weighted by atomic mass is 10.4. The fourth-order valence-electron chi connectivity index (χ4n) is 1.04. The first-order valence-corrected chi connectivity index (χ1v) is 4.63. The molecule has 4 nitrogen and oxygen atoms in total. The molecular weight excluding hydrogens is 234 g/mol. The van der Waals surface area contributed by atoms with Gasteiger partial charge in [-0.15, -0.1) is 0 Å². The average Bonchev–Trinajstić information content (AvgIpc) is 2.04. The molecule has 0 aliphatic heterocycles. The number of nitrogens with zero attached hydrogens (tertiary/aromatic N) is 2. The summed E-state index contributed by atoms with van der Waals surface area (Å²) in [5, 5.41) is 0. The average molecular weight is 247 g/mol. The van der Waals surface area contributed by atoms with Gasteiger partial charge in [0.15, 0.2) is 5.82 Å². The number of hydrogen-bond donors (Lipinski definition) is 1. The lowest BCUT2D eigenvalue weighted by Gasteiger charge is -2.12. The quantitative estimate of drug-likeness (QED) is 0.798. The SMILES string of the molecule is CO[NH2+]c1cc(Br)cnc1N(C)C. The summed E-state index contributed by atoms with van der Waals surface area (Å²) in [4.78, 5) is 11.2. The molecule has 0 saturated heterocycles. The van der Waals surface area contributed by atoms with Crippen LogP contribution < -0.4 is 10.4 Å². The van der Waals surface area contributed by atoms with E-state index in [0.717, 1.165) is 16.0 Å². The fraction of sp³-hybridized carbons (Fsp3) is 0.375. The van der Waals surface area contributed by atoms with Crippen LogP contribution in [0.5, 0.6) is 0 Å². The number of anilines is 1. The zero-order valence-corrected chi connectivity index (χ0v) is 9.50. The molecule has 0 spiro atoms. The van der Waals surface area contributed by atoms with Gasteiger partial charge in [-0.2, -0.15) is 5.48 Å². The Morgan fingerprint density at radius 3 is 2.77 bits per heavy atom. The molecule has 0 aliphatic carbocycles. The van der Waals surface area contributed by atoms with Crippen LogP contribution in [0.1, 0.15) is 0 Å². The summed E-state index contributed by atoms with van der Waals surface area (Å²) in [6.45, 7) is 0. The molecule has 1 heterocycles. The molecule has 1 rings (SSSR count). The van der Waals surface area contributed by atoms with Crippen LogP contribution in [0.2, 0.25) is 0 Å². The van der Waals surface area contributed by atoms with Gasteiger partial charge in [0.05, 0.1) is 7.11 Å². The van der Waals surface area contributed by atoms with Crippen LogP contribution in [-0.2, 0) is 4.84 Å². The van der Waals surface area contributed by atoms with Crippen molar-refractivity contribution in [2.45, 2.75) is 0 Å². The summed E-state index contributed by atoms with van der Waals surface area (Å²) >= 11 is 3.36. The van der Waals surface area contributed by atoms with E-state index in [9.17, 15) is 0 Å². The Bertz CT molecular complexity index is 291. The van der Waals surface area contributed by atoms with Gasteiger partial charge in [0, 0.05) is 30.8 Å². The third kappa shape index (κ3) is 2.65. The molecule has 0 radical (unpaired) electrons. The Labute approximate surface area is 86.0 Å². The second kappa shape index (κ2) is 4.55. The Morgan fingerprint density at radius 1 is 1.54 bits per heavy atom. The highest BCUT2D eigenvalue weighted by atomic mass is 79.9. The van der Waals surface area contributed by atoms with Gasteiger partial charge in [0.1, 0.15) is 0 Å². The van der Waals surface area contributed by atoms with Gasteiger partial charge in [-0.1, -0.05) is 0 Å². The van der Waals surface area contributed by atoms with Crippen molar-refractivity contribution in [2.75, 3.05) is 26.1 Å². The van der Waals surface area contributed by atoms with Crippen molar-refractivity contribution in [1.82, 2.24) is 4.98 Å². The number of aromatic nitrogens is 1.